The molecule has 128 valence electrons. The molecule has 1 amide bonds. The lowest BCUT2D eigenvalue weighted by Gasteiger charge is -2.34. The Bertz CT molecular complexity index is 654. The molecule has 1 fully saturated rings. The quantitative estimate of drug-likeness (QED) is 0.870. The number of ether oxygens (including phenoxy) is 1. The minimum Gasteiger partial charge on any atom is -0.495 e. The summed E-state index contributed by atoms with van der Waals surface area (Å²) in [5.74, 6) is 0.699. The largest absolute Gasteiger partial charge is 0.495 e. The monoisotopic (exact) mass is 346 g/mol. The first-order valence-corrected chi connectivity index (χ1v) is 8.94. The molecule has 0 unspecified atom stereocenters. The smallest absolute Gasteiger partial charge is 0.225 e. The number of nitrogens with one attached hydrogen (secondary N) is 1. The Hall–Kier alpha value is -2.12. The number of aromatic nitrogens is 1. The number of amides is 1. The Morgan fingerprint density at radius 3 is 2.79 bits per heavy atom. The topological polar surface area (TPSA) is 57.7 Å². The van der Waals surface area contributed by atoms with E-state index in [0.717, 1.165) is 43.5 Å². The van der Waals surface area contributed by atoms with Crippen molar-refractivity contribution in [2.24, 2.45) is 0 Å². The van der Waals surface area contributed by atoms with Crippen molar-refractivity contribution in [1.29, 1.82) is 0 Å². The summed E-state index contributed by atoms with van der Waals surface area (Å²) in [5.41, 5.74) is 0.721. The second-order valence-corrected chi connectivity index (χ2v) is 6.51. The fourth-order valence-corrected chi connectivity index (χ4v) is 3.45. The average molecular weight is 346 g/mol. The normalized spacial score (nSPS) is 15.3. The summed E-state index contributed by atoms with van der Waals surface area (Å²) in [5, 5.41) is 6.01. The molecule has 1 N–H and O–H groups in total. The maximum Gasteiger partial charge on any atom is 0.225 e. The Kier molecular flexibility index (Phi) is 5.66. The molecule has 24 heavy (non-hydrogen) atoms. The molecule has 0 bridgehead atoms. The fraction of sp³-hybridized carbons (Fsp3) is 0.412. The summed E-state index contributed by atoms with van der Waals surface area (Å²) in [6.45, 7) is 4.61. The minimum atomic E-state index is 0.0156. The number of carbonyl (C=O) groups is 1. The van der Waals surface area contributed by atoms with E-state index in [1.165, 1.54) is 0 Å². The van der Waals surface area contributed by atoms with Crippen molar-refractivity contribution in [1.82, 2.24) is 9.88 Å². The summed E-state index contributed by atoms with van der Waals surface area (Å²) in [6, 6.07) is 7.46. The van der Waals surface area contributed by atoms with Gasteiger partial charge in [-0.3, -0.25) is 9.69 Å². The van der Waals surface area contributed by atoms with Crippen LogP contribution in [0, 0.1) is 0 Å². The van der Waals surface area contributed by atoms with E-state index in [-0.39, 0.29) is 5.91 Å². The Morgan fingerprint density at radius 1 is 1.29 bits per heavy atom. The van der Waals surface area contributed by atoms with Crippen molar-refractivity contribution in [3.05, 3.63) is 35.8 Å². The zero-order valence-corrected chi connectivity index (χ0v) is 14.6. The van der Waals surface area contributed by atoms with Gasteiger partial charge >= 0.3 is 0 Å². The van der Waals surface area contributed by atoms with Crippen molar-refractivity contribution in [3.8, 4) is 5.75 Å². The molecule has 2 heterocycles. The summed E-state index contributed by atoms with van der Waals surface area (Å²) in [6.07, 6.45) is 2.32. The Morgan fingerprint density at radius 2 is 2.08 bits per heavy atom. The molecule has 6 nitrogen and oxygen atoms in total. The van der Waals surface area contributed by atoms with Crippen LogP contribution >= 0.6 is 11.3 Å². The summed E-state index contributed by atoms with van der Waals surface area (Å²) < 4.78 is 5.25. The van der Waals surface area contributed by atoms with Gasteiger partial charge in [0.15, 0.2) is 5.13 Å². The first-order valence-electron chi connectivity index (χ1n) is 8.06. The number of hydrogen-bond acceptors (Lipinski definition) is 6. The lowest BCUT2D eigenvalue weighted by atomic mass is 10.2. The van der Waals surface area contributed by atoms with Crippen LogP contribution in [0.3, 0.4) is 0 Å². The molecule has 1 aromatic heterocycles. The van der Waals surface area contributed by atoms with Crippen molar-refractivity contribution in [2.75, 3.05) is 50.1 Å². The number of anilines is 2. The van der Waals surface area contributed by atoms with Gasteiger partial charge < -0.3 is 15.0 Å². The standard InChI is InChI=1S/C17H22N4O2S/c1-23-15-5-3-2-4-14(15)19-16(22)6-8-20-9-11-21(12-10-20)17-18-7-13-24-17/h2-5,7,13H,6,8-12H2,1H3,(H,19,22). The third kappa shape index (κ3) is 4.24. The molecule has 3 rings (SSSR count). The SMILES string of the molecule is COc1ccccc1NC(=O)CCN1CCN(c2nccs2)CC1. The number of benzene rings is 1. The highest BCUT2D eigenvalue weighted by molar-refractivity contribution is 7.13. The summed E-state index contributed by atoms with van der Waals surface area (Å²) in [4.78, 5) is 21.1. The van der Waals surface area contributed by atoms with Crippen molar-refractivity contribution in [2.45, 2.75) is 6.42 Å². The highest BCUT2D eigenvalue weighted by Crippen LogP contribution is 2.23. The van der Waals surface area contributed by atoms with Crippen LogP contribution in [0.5, 0.6) is 5.75 Å². The highest BCUT2D eigenvalue weighted by atomic mass is 32.1. The molecule has 1 aromatic carbocycles. The summed E-state index contributed by atoms with van der Waals surface area (Å²) >= 11 is 1.67. The van der Waals surface area contributed by atoms with Gasteiger partial charge in [0.05, 0.1) is 12.8 Å². The van der Waals surface area contributed by atoms with Gasteiger partial charge in [-0.05, 0) is 12.1 Å². The predicted octanol–water partition coefficient (Wildman–Crippen LogP) is 2.30. The van der Waals surface area contributed by atoms with Crippen LogP contribution in [0.15, 0.2) is 35.8 Å². The Labute approximate surface area is 146 Å². The molecule has 1 aliphatic rings. The number of methoxy groups -OCH3 is 1. The van der Waals surface area contributed by atoms with E-state index in [9.17, 15) is 4.79 Å². The van der Waals surface area contributed by atoms with Crippen molar-refractivity contribution in [3.63, 3.8) is 0 Å². The lowest BCUT2D eigenvalue weighted by molar-refractivity contribution is -0.116. The van der Waals surface area contributed by atoms with Crippen LogP contribution in [0.2, 0.25) is 0 Å². The molecular formula is C17H22N4O2S. The number of rotatable bonds is 6. The van der Waals surface area contributed by atoms with Gasteiger partial charge in [-0.25, -0.2) is 4.98 Å². The second kappa shape index (κ2) is 8.12. The van der Waals surface area contributed by atoms with Gasteiger partial charge in [0.2, 0.25) is 5.91 Å². The highest BCUT2D eigenvalue weighted by Gasteiger charge is 2.19. The fourth-order valence-electron chi connectivity index (χ4n) is 2.76. The summed E-state index contributed by atoms with van der Waals surface area (Å²) in [7, 11) is 1.60. The van der Waals surface area contributed by atoms with Crippen LogP contribution in [0.25, 0.3) is 0 Å². The van der Waals surface area contributed by atoms with E-state index in [2.05, 4.69) is 20.1 Å². The zero-order chi connectivity index (χ0) is 16.8. The van der Waals surface area contributed by atoms with Crippen LogP contribution in [-0.4, -0.2) is 55.6 Å². The minimum absolute atomic E-state index is 0.0156. The van der Waals surface area contributed by atoms with Gasteiger partial charge in [-0.1, -0.05) is 12.1 Å². The molecule has 0 atom stereocenters. The second-order valence-electron chi connectivity index (χ2n) is 5.64. The van der Waals surface area contributed by atoms with Crippen LogP contribution in [-0.2, 0) is 4.79 Å². The van der Waals surface area contributed by atoms with E-state index in [0.29, 0.717) is 12.2 Å². The number of carbonyl (C=O) groups excluding carboxylic acids is 1. The molecule has 1 saturated heterocycles. The van der Waals surface area contributed by atoms with Gasteiger partial charge in [-0.2, -0.15) is 0 Å². The molecule has 7 heteroatoms. The average Bonchev–Trinajstić information content (AvgIpc) is 3.15. The lowest BCUT2D eigenvalue weighted by Crippen LogP contribution is -2.47. The van der Waals surface area contributed by atoms with Gasteiger partial charge in [0.1, 0.15) is 5.75 Å². The predicted molar refractivity (Wildman–Crippen MR) is 97.0 cm³/mol. The van der Waals surface area contributed by atoms with E-state index in [1.807, 2.05) is 35.8 Å². The third-order valence-electron chi connectivity index (χ3n) is 4.10. The number of nitrogens with zero attached hydrogens (tertiary/aromatic N) is 3. The maximum absolute atomic E-state index is 12.2. The number of hydrogen-bond donors (Lipinski definition) is 1. The van der Waals surface area contributed by atoms with E-state index >= 15 is 0 Å². The molecule has 2 aromatic rings. The molecule has 0 spiro atoms. The van der Waals surface area contributed by atoms with Crippen molar-refractivity contribution < 1.29 is 9.53 Å². The zero-order valence-electron chi connectivity index (χ0n) is 13.8. The van der Waals surface area contributed by atoms with E-state index < -0.39 is 0 Å². The Balaban J connectivity index is 1.42. The number of para-hydroxylation sites is 2. The first kappa shape index (κ1) is 16.7. The molecular weight excluding hydrogens is 324 g/mol. The van der Waals surface area contributed by atoms with Crippen LogP contribution in [0.1, 0.15) is 6.42 Å². The van der Waals surface area contributed by atoms with Gasteiger partial charge in [-0.15, -0.1) is 11.3 Å². The number of piperazine rings is 1. The van der Waals surface area contributed by atoms with E-state index in [1.54, 1.807) is 18.4 Å². The molecule has 1 aliphatic heterocycles. The van der Waals surface area contributed by atoms with Crippen LogP contribution in [0.4, 0.5) is 10.8 Å². The van der Waals surface area contributed by atoms with Crippen LogP contribution < -0.4 is 15.0 Å². The van der Waals surface area contributed by atoms with Gasteiger partial charge in [0.25, 0.3) is 0 Å². The maximum atomic E-state index is 12.2. The molecule has 0 aliphatic carbocycles. The van der Waals surface area contributed by atoms with E-state index in [4.69, 9.17) is 4.74 Å². The first-order chi connectivity index (χ1) is 11.8. The molecule has 0 saturated carbocycles. The third-order valence-corrected chi connectivity index (χ3v) is 4.93. The number of thiazole rings is 1. The van der Waals surface area contributed by atoms with Gasteiger partial charge in [0, 0.05) is 50.7 Å². The van der Waals surface area contributed by atoms with Crippen molar-refractivity contribution >= 4 is 28.1 Å². The molecule has 0 radical (unpaired) electrons.